The van der Waals surface area contributed by atoms with Crippen molar-refractivity contribution < 1.29 is 19.1 Å². The van der Waals surface area contributed by atoms with Crippen molar-refractivity contribution in [2.75, 3.05) is 32.1 Å². The number of hydrogen-bond donors (Lipinski definition) is 1. The Kier molecular flexibility index (Phi) is 7.13. The molecule has 2 heterocycles. The van der Waals surface area contributed by atoms with Crippen molar-refractivity contribution in [1.82, 2.24) is 14.9 Å². The summed E-state index contributed by atoms with van der Waals surface area (Å²) >= 11 is 0. The maximum absolute atomic E-state index is 12.4. The number of likely N-dealkylation sites (tertiary alicyclic amines) is 1. The fourth-order valence-corrected chi connectivity index (χ4v) is 3.39. The van der Waals surface area contributed by atoms with E-state index in [4.69, 9.17) is 9.47 Å². The maximum Gasteiger partial charge on any atom is 0.241 e. The number of aromatic nitrogens is 2. The first-order valence-electron chi connectivity index (χ1n) is 9.70. The normalized spacial score (nSPS) is 16.3. The minimum atomic E-state index is -0.128. The summed E-state index contributed by atoms with van der Waals surface area (Å²) in [5.41, 5.74) is 1.45. The zero-order valence-corrected chi connectivity index (χ0v) is 16.8. The first-order chi connectivity index (χ1) is 14.1. The maximum atomic E-state index is 12.4. The van der Waals surface area contributed by atoms with Gasteiger partial charge >= 0.3 is 0 Å². The molecule has 1 atom stereocenters. The summed E-state index contributed by atoms with van der Waals surface area (Å²) in [5.74, 6) is 1.08. The average molecular weight is 398 g/mol. The van der Waals surface area contributed by atoms with Crippen molar-refractivity contribution >= 4 is 17.5 Å². The predicted molar refractivity (Wildman–Crippen MR) is 108 cm³/mol. The van der Waals surface area contributed by atoms with Crippen LogP contribution in [-0.4, -0.2) is 53.5 Å². The third kappa shape index (κ3) is 5.74. The van der Waals surface area contributed by atoms with Crippen molar-refractivity contribution in [1.29, 1.82) is 0 Å². The Bertz CT molecular complexity index is 841. The molecule has 2 aromatic rings. The second-order valence-corrected chi connectivity index (χ2v) is 6.98. The molecule has 8 heteroatoms. The summed E-state index contributed by atoms with van der Waals surface area (Å²) in [6.07, 6.45) is 5.45. The largest absolute Gasteiger partial charge is 0.437 e. The highest BCUT2D eigenvalue weighted by atomic mass is 16.5. The molecule has 0 spiro atoms. The molecule has 1 N–H and O–H groups in total. The fraction of sp³-hybridized carbons (Fsp3) is 0.429. The van der Waals surface area contributed by atoms with E-state index in [1.807, 2.05) is 4.90 Å². The lowest BCUT2D eigenvalue weighted by atomic mass is 9.94. The Morgan fingerprint density at radius 1 is 1.21 bits per heavy atom. The van der Waals surface area contributed by atoms with E-state index in [2.05, 4.69) is 15.3 Å². The Hall–Kier alpha value is -3.00. The van der Waals surface area contributed by atoms with Crippen molar-refractivity contribution in [3.8, 4) is 11.6 Å². The third-order valence-electron chi connectivity index (χ3n) is 4.76. The zero-order valence-electron chi connectivity index (χ0n) is 16.8. The van der Waals surface area contributed by atoms with Gasteiger partial charge in [-0.2, -0.15) is 0 Å². The van der Waals surface area contributed by atoms with Gasteiger partial charge in [-0.25, -0.2) is 4.98 Å². The van der Waals surface area contributed by atoms with Gasteiger partial charge in [0.05, 0.1) is 13.0 Å². The van der Waals surface area contributed by atoms with Crippen LogP contribution < -0.4 is 10.1 Å². The first kappa shape index (κ1) is 20.7. The molecule has 2 amide bonds. The Labute approximate surface area is 170 Å². The lowest BCUT2D eigenvalue weighted by Gasteiger charge is -2.32. The minimum absolute atomic E-state index is 0.0672. The van der Waals surface area contributed by atoms with Crippen LogP contribution in [0.5, 0.6) is 11.6 Å². The molecule has 29 heavy (non-hydrogen) atoms. The topological polar surface area (TPSA) is 93.7 Å². The van der Waals surface area contributed by atoms with E-state index in [9.17, 15) is 9.59 Å². The highest BCUT2D eigenvalue weighted by molar-refractivity contribution is 5.88. The SMILES string of the molecule is COCCC(=O)N1CCCC(c2nccnc2Oc2ccc(NC(C)=O)cc2)C1. The van der Waals surface area contributed by atoms with E-state index in [1.54, 1.807) is 43.8 Å². The summed E-state index contributed by atoms with van der Waals surface area (Å²) in [7, 11) is 1.60. The van der Waals surface area contributed by atoms with Gasteiger partial charge in [0.1, 0.15) is 11.4 Å². The van der Waals surface area contributed by atoms with Crippen LogP contribution >= 0.6 is 0 Å². The summed E-state index contributed by atoms with van der Waals surface area (Å²) in [6.45, 7) is 3.23. The Morgan fingerprint density at radius 3 is 2.69 bits per heavy atom. The highest BCUT2D eigenvalue weighted by Gasteiger charge is 2.28. The van der Waals surface area contributed by atoms with Crippen molar-refractivity contribution in [2.24, 2.45) is 0 Å². The summed E-state index contributed by atoms with van der Waals surface area (Å²) in [5, 5.41) is 2.72. The number of anilines is 1. The number of nitrogens with one attached hydrogen (secondary N) is 1. The predicted octanol–water partition coefficient (Wildman–Crippen LogP) is 2.97. The van der Waals surface area contributed by atoms with E-state index in [1.165, 1.54) is 6.92 Å². The number of carbonyl (C=O) groups is 2. The summed E-state index contributed by atoms with van der Waals surface area (Å²) < 4.78 is 11.0. The summed E-state index contributed by atoms with van der Waals surface area (Å²) in [6, 6.07) is 7.07. The van der Waals surface area contributed by atoms with E-state index < -0.39 is 0 Å². The second-order valence-electron chi connectivity index (χ2n) is 6.98. The van der Waals surface area contributed by atoms with Crippen LogP contribution in [0, 0.1) is 0 Å². The minimum Gasteiger partial charge on any atom is -0.437 e. The van der Waals surface area contributed by atoms with Gasteiger partial charge in [0.25, 0.3) is 0 Å². The number of piperidine rings is 1. The molecule has 1 aromatic carbocycles. The quantitative estimate of drug-likeness (QED) is 0.771. The summed E-state index contributed by atoms with van der Waals surface area (Å²) in [4.78, 5) is 34.2. The lowest BCUT2D eigenvalue weighted by molar-refractivity contribution is -0.133. The third-order valence-corrected chi connectivity index (χ3v) is 4.76. The van der Waals surface area contributed by atoms with Gasteiger partial charge in [0, 0.05) is 51.1 Å². The molecule has 1 aliphatic heterocycles. The van der Waals surface area contributed by atoms with Crippen LogP contribution in [0.3, 0.4) is 0 Å². The molecule has 1 aliphatic rings. The van der Waals surface area contributed by atoms with Gasteiger partial charge in [-0.3, -0.25) is 14.6 Å². The number of amides is 2. The van der Waals surface area contributed by atoms with E-state index in [-0.39, 0.29) is 17.7 Å². The number of ether oxygens (including phenoxy) is 2. The van der Waals surface area contributed by atoms with Gasteiger partial charge in [-0.05, 0) is 37.1 Å². The van der Waals surface area contributed by atoms with Gasteiger partial charge in [-0.15, -0.1) is 0 Å². The number of hydrogen-bond acceptors (Lipinski definition) is 6. The van der Waals surface area contributed by atoms with Crippen molar-refractivity contribution in [3.05, 3.63) is 42.4 Å². The fourth-order valence-electron chi connectivity index (χ4n) is 3.39. The van der Waals surface area contributed by atoms with E-state index >= 15 is 0 Å². The Morgan fingerprint density at radius 2 is 1.97 bits per heavy atom. The van der Waals surface area contributed by atoms with Crippen LogP contribution in [-0.2, 0) is 14.3 Å². The van der Waals surface area contributed by atoms with Crippen LogP contribution in [0.1, 0.15) is 37.8 Å². The standard InChI is InChI=1S/C21H26N4O4/c1-15(26)24-17-5-7-18(8-6-17)29-21-20(22-10-11-23-21)16-4-3-12-25(14-16)19(27)9-13-28-2/h5-8,10-11,16H,3-4,9,12-14H2,1-2H3,(H,24,26). The number of methoxy groups -OCH3 is 1. The van der Waals surface area contributed by atoms with Crippen LogP contribution in [0.25, 0.3) is 0 Å². The molecule has 3 rings (SSSR count). The van der Waals surface area contributed by atoms with Gasteiger partial charge < -0.3 is 19.7 Å². The first-order valence-corrected chi connectivity index (χ1v) is 9.70. The molecule has 0 radical (unpaired) electrons. The zero-order chi connectivity index (χ0) is 20.6. The van der Waals surface area contributed by atoms with Crippen LogP contribution in [0.2, 0.25) is 0 Å². The van der Waals surface area contributed by atoms with Crippen LogP contribution in [0.4, 0.5) is 5.69 Å². The second kappa shape index (κ2) is 9.97. The number of benzene rings is 1. The molecule has 1 saturated heterocycles. The molecule has 0 bridgehead atoms. The molecule has 8 nitrogen and oxygen atoms in total. The van der Waals surface area contributed by atoms with Gasteiger partial charge in [0.2, 0.25) is 17.7 Å². The molecule has 0 saturated carbocycles. The van der Waals surface area contributed by atoms with Crippen LogP contribution in [0.15, 0.2) is 36.7 Å². The van der Waals surface area contributed by atoms with Crippen molar-refractivity contribution in [2.45, 2.75) is 32.1 Å². The van der Waals surface area contributed by atoms with E-state index in [0.717, 1.165) is 25.1 Å². The monoisotopic (exact) mass is 398 g/mol. The molecule has 1 unspecified atom stereocenters. The van der Waals surface area contributed by atoms with E-state index in [0.29, 0.717) is 36.9 Å². The number of nitrogens with zero attached hydrogens (tertiary/aromatic N) is 3. The molecular formula is C21H26N4O4. The van der Waals surface area contributed by atoms with Gasteiger partial charge in [0.15, 0.2) is 0 Å². The number of rotatable bonds is 7. The number of carbonyl (C=O) groups excluding carboxylic acids is 2. The molecule has 0 aliphatic carbocycles. The Balaban J connectivity index is 1.71. The smallest absolute Gasteiger partial charge is 0.241 e. The highest BCUT2D eigenvalue weighted by Crippen LogP contribution is 2.33. The van der Waals surface area contributed by atoms with Crippen molar-refractivity contribution in [3.63, 3.8) is 0 Å². The van der Waals surface area contributed by atoms with Gasteiger partial charge in [-0.1, -0.05) is 0 Å². The molecular weight excluding hydrogens is 372 g/mol. The average Bonchev–Trinajstić information content (AvgIpc) is 2.73. The lowest BCUT2D eigenvalue weighted by Crippen LogP contribution is -2.39. The molecule has 1 aromatic heterocycles. The molecule has 154 valence electrons. The molecule has 1 fully saturated rings.